The highest BCUT2D eigenvalue weighted by Gasteiger charge is 2.17. The zero-order chi connectivity index (χ0) is 14.2. The maximum Gasteiger partial charge on any atom is 0.150 e. The van der Waals surface area contributed by atoms with E-state index in [1.807, 2.05) is 20.8 Å². The van der Waals surface area contributed by atoms with Crippen LogP contribution in [0, 0.1) is 11.6 Å². The number of aromatic nitrogens is 1. The molecule has 2 nitrogen and oxygen atoms in total. The molecular weight excluding hydrogens is 314 g/mol. The van der Waals surface area contributed by atoms with Gasteiger partial charge in [0.25, 0.3) is 0 Å². The fourth-order valence-corrected chi connectivity index (χ4v) is 2.35. The van der Waals surface area contributed by atoms with Crippen molar-refractivity contribution >= 4 is 32.5 Å². The molecule has 2 aromatic rings. The van der Waals surface area contributed by atoms with Gasteiger partial charge in [0.05, 0.1) is 9.86 Å². The van der Waals surface area contributed by atoms with E-state index in [0.717, 1.165) is 11.8 Å². The summed E-state index contributed by atoms with van der Waals surface area (Å²) < 4.78 is 28.3. The quantitative estimate of drug-likeness (QED) is 0.816. The molecule has 0 spiro atoms. The summed E-state index contributed by atoms with van der Waals surface area (Å²) in [4.78, 5) is 4.24. The number of fused-ring (bicyclic) bond motifs is 1. The van der Waals surface area contributed by atoms with Gasteiger partial charge in [-0.15, -0.1) is 0 Å². The van der Waals surface area contributed by atoms with Crippen molar-refractivity contribution in [2.45, 2.75) is 26.7 Å². The molecule has 0 bridgehead atoms. The van der Waals surface area contributed by atoms with Gasteiger partial charge in [-0.05, 0) is 40.9 Å². The number of anilines is 1. The number of pyridine rings is 1. The van der Waals surface area contributed by atoms with Crippen molar-refractivity contribution in [1.82, 2.24) is 4.98 Å². The van der Waals surface area contributed by atoms with Crippen LogP contribution < -0.4 is 5.32 Å². The standard InChI is InChI=1S/C14H15BrF2N2/c1-4-18-11-6-10(7(2)3)19-14-9(16)5-8(15)13(17)12(11)14/h5-7H,4H2,1-3H3,(H,18,19). The molecule has 5 heteroatoms. The second-order valence-corrected chi connectivity index (χ2v) is 5.51. The Bertz CT molecular complexity index is 627. The first-order valence-electron chi connectivity index (χ1n) is 6.17. The Morgan fingerprint density at radius 3 is 2.58 bits per heavy atom. The Morgan fingerprint density at radius 1 is 1.32 bits per heavy atom. The first-order valence-corrected chi connectivity index (χ1v) is 6.97. The molecule has 1 aromatic carbocycles. The highest BCUT2D eigenvalue weighted by Crippen LogP contribution is 2.33. The van der Waals surface area contributed by atoms with Crippen molar-refractivity contribution in [3.8, 4) is 0 Å². The van der Waals surface area contributed by atoms with Crippen LogP contribution in [0.4, 0.5) is 14.5 Å². The lowest BCUT2D eigenvalue weighted by Crippen LogP contribution is -2.04. The molecule has 0 aliphatic heterocycles. The zero-order valence-corrected chi connectivity index (χ0v) is 12.6. The van der Waals surface area contributed by atoms with Crippen LogP contribution in [-0.2, 0) is 0 Å². The van der Waals surface area contributed by atoms with E-state index in [2.05, 4.69) is 26.2 Å². The van der Waals surface area contributed by atoms with E-state index in [9.17, 15) is 8.78 Å². The van der Waals surface area contributed by atoms with Gasteiger partial charge in [0.15, 0.2) is 5.82 Å². The van der Waals surface area contributed by atoms with Gasteiger partial charge in [-0.1, -0.05) is 13.8 Å². The van der Waals surface area contributed by atoms with Crippen molar-refractivity contribution in [3.05, 3.63) is 33.9 Å². The van der Waals surface area contributed by atoms with Crippen molar-refractivity contribution in [3.63, 3.8) is 0 Å². The molecule has 0 amide bonds. The van der Waals surface area contributed by atoms with Crippen LogP contribution in [0.25, 0.3) is 10.9 Å². The van der Waals surface area contributed by atoms with Crippen LogP contribution in [0.2, 0.25) is 0 Å². The number of rotatable bonds is 3. The maximum absolute atomic E-state index is 14.2. The Kier molecular flexibility index (Phi) is 4.04. The van der Waals surface area contributed by atoms with E-state index in [1.54, 1.807) is 6.07 Å². The average Bonchev–Trinajstić information content (AvgIpc) is 2.35. The molecule has 1 N–H and O–H groups in total. The number of nitrogens with one attached hydrogen (secondary N) is 1. The minimum Gasteiger partial charge on any atom is -0.385 e. The number of halogens is 3. The molecule has 0 radical (unpaired) electrons. The predicted octanol–water partition coefficient (Wildman–Crippen LogP) is 4.83. The number of hydrogen-bond acceptors (Lipinski definition) is 2. The fourth-order valence-electron chi connectivity index (χ4n) is 1.95. The van der Waals surface area contributed by atoms with Crippen molar-refractivity contribution < 1.29 is 8.78 Å². The summed E-state index contributed by atoms with van der Waals surface area (Å²) in [7, 11) is 0. The van der Waals surface area contributed by atoms with Crippen LogP contribution in [0.3, 0.4) is 0 Å². The predicted molar refractivity (Wildman–Crippen MR) is 77.6 cm³/mol. The Morgan fingerprint density at radius 2 is 2.00 bits per heavy atom. The number of benzene rings is 1. The van der Waals surface area contributed by atoms with Gasteiger partial charge in [0.1, 0.15) is 11.3 Å². The second-order valence-electron chi connectivity index (χ2n) is 4.66. The molecule has 0 fully saturated rings. The van der Waals surface area contributed by atoms with Gasteiger partial charge in [0, 0.05) is 17.9 Å². The van der Waals surface area contributed by atoms with Gasteiger partial charge in [-0.25, -0.2) is 13.8 Å². The van der Waals surface area contributed by atoms with E-state index in [4.69, 9.17) is 0 Å². The van der Waals surface area contributed by atoms with Gasteiger partial charge >= 0.3 is 0 Å². The van der Waals surface area contributed by atoms with Crippen molar-refractivity contribution in [2.24, 2.45) is 0 Å². The molecule has 0 aliphatic carbocycles. The average molecular weight is 329 g/mol. The molecule has 1 aromatic heterocycles. The summed E-state index contributed by atoms with van der Waals surface area (Å²) in [5, 5.41) is 3.27. The summed E-state index contributed by atoms with van der Waals surface area (Å²) >= 11 is 3.03. The highest BCUT2D eigenvalue weighted by molar-refractivity contribution is 9.10. The van der Waals surface area contributed by atoms with E-state index in [1.165, 1.54) is 0 Å². The maximum atomic E-state index is 14.2. The van der Waals surface area contributed by atoms with Crippen LogP contribution in [0.15, 0.2) is 16.6 Å². The van der Waals surface area contributed by atoms with E-state index in [0.29, 0.717) is 12.2 Å². The van der Waals surface area contributed by atoms with Gasteiger partial charge in [0.2, 0.25) is 0 Å². The van der Waals surface area contributed by atoms with Crippen LogP contribution in [0.5, 0.6) is 0 Å². The third-order valence-electron chi connectivity index (χ3n) is 2.91. The number of hydrogen-bond donors (Lipinski definition) is 1. The Balaban J connectivity index is 2.86. The Hall–Kier alpha value is -1.23. The lowest BCUT2D eigenvalue weighted by atomic mass is 10.1. The smallest absolute Gasteiger partial charge is 0.150 e. The Labute approximate surface area is 119 Å². The minimum atomic E-state index is -0.523. The lowest BCUT2D eigenvalue weighted by molar-refractivity contribution is 0.609. The van der Waals surface area contributed by atoms with Crippen LogP contribution in [0.1, 0.15) is 32.4 Å². The van der Waals surface area contributed by atoms with Gasteiger partial charge < -0.3 is 5.32 Å². The SMILES string of the molecule is CCNc1cc(C(C)C)nc2c(F)cc(Br)c(F)c12. The normalized spacial score (nSPS) is 11.3. The summed E-state index contributed by atoms with van der Waals surface area (Å²) in [5.41, 5.74) is 1.39. The van der Waals surface area contributed by atoms with Crippen molar-refractivity contribution in [2.75, 3.05) is 11.9 Å². The number of nitrogens with zero attached hydrogens (tertiary/aromatic N) is 1. The summed E-state index contributed by atoms with van der Waals surface area (Å²) in [6, 6.07) is 2.90. The van der Waals surface area contributed by atoms with Gasteiger partial charge in [-0.3, -0.25) is 0 Å². The van der Waals surface area contributed by atoms with E-state index < -0.39 is 11.6 Å². The third kappa shape index (κ3) is 2.56. The molecule has 2 rings (SSSR count). The van der Waals surface area contributed by atoms with E-state index in [-0.39, 0.29) is 21.3 Å². The first kappa shape index (κ1) is 14.2. The molecule has 0 unspecified atom stereocenters. The van der Waals surface area contributed by atoms with Crippen LogP contribution >= 0.6 is 15.9 Å². The molecule has 0 atom stereocenters. The van der Waals surface area contributed by atoms with E-state index >= 15 is 0 Å². The van der Waals surface area contributed by atoms with Crippen LogP contribution in [-0.4, -0.2) is 11.5 Å². The second kappa shape index (κ2) is 5.41. The molecule has 0 saturated heterocycles. The topological polar surface area (TPSA) is 24.9 Å². The third-order valence-corrected chi connectivity index (χ3v) is 3.48. The largest absolute Gasteiger partial charge is 0.385 e. The zero-order valence-electron chi connectivity index (χ0n) is 11.0. The molecule has 1 heterocycles. The van der Waals surface area contributed by atoms with Crippen molar-refractivity contribution in [1.29, 1.82) is 0 Å². The summed E-state index contributed by atoms with van der Waals surface area (Å²) in [6.45, 7) is 6.48. The first-order chi connectivity index (χ1) is 8.95. The van der Waals surface area contributed by atoms with Gasteiger partial charge in [-0.2, -0.15) is 0 Å². The molecule has 102 valence electrons. The summed E-state index contributed by atoms with van der Waals surface area (Å²) in [5.74, 6) is -0.868. The highest BCUT2D eigenvalue weighted by atomic mass is 79.9. The molecule has 0 saturated carbocycles. The molecule has 0 aliphatic rings. The fraction of sp³-hybridized carbons (Fsp3) is 0.357. The summed E-state index contributed by atoms with van der Waals surface area (Å²) in [6.07, 6.45) is 0. The minimum absolute atomic E-state index is 0.0721. The monoisotopic (exact) mass is 328 g/mol. The lowest BCUT2D eigenvalue weighted by Gasteiger charge is -2.14. The molecule has 19 heavy (non-hydrogen) atoms. The molecular formula is C14H15BrF2N2.